The number of aryl methyl sites for hydroxylation is 2. The molecule has 4 rings (SSSR count). The number of oxazole rings is 2. The fourth-order valence-corrected chi connectivity index (χ4v) is 3.90. The van der Waals surface area contributed by atoms with Gasteiger partial charge in [0, 0.05) is 34.9 Å². The van der Waals surface area contributed by atoms with E-state index in [0.717, 1.165) is 11.1 Å². The Bertz CT molecular complexity index is 1120. The Kier molecular flexibility index (Phi) is 4.62. The van der Waals surface area contributed by atoms with E-state index in [1.807, 2.05) is 36.4 Å². The van der Waals surface area contributed by atoms with Gasteiger partial charge in [-0.3, -0.25) is 9.13 Å². The molecule has 26 heavy (non-hydrogen) atoms. The van der Waals surface area contributed by atoms with E-state index in [1.54, 1.807) is 9.13 Å². The molecule has 0 spiro atoms. The van der Waals surface area contributed by atoms with Gasteiger partial charge in [-0.05, 0) is 12.1 Å². The van der Waals surface area contributed by atoms with E-state index >= 15 is 0 Å². The topological polar surface area (TPSA) is 70.3 Å². The maximum Gasteiger partial charge on any atom is 0.419 e. The minimum atomic E-state index is -0.405. The van der Waals surface area contributed by atoms with Crippen LogP contribution in [0, 0.1) is 0 Å². The second kappa shape index (κ2) is 6.92. The Morgan fingerprint density at radius 3 is 1.54 bits per heavy atom. The molecule has 0 bridgehead atoms. The van der Waals surface area contributed by atoms with Gasteiger partial charge >= 0.3 is 11.5 Å². The van der Waals surface area contributed by atoms with Crippen molar-refractivity contribution in [2.75, 3.05) is 10.7 Å². The predicted molar refractivity (Wildman–Crippen MR) is 108 cm³/mol. The number of fused-ring (bicyclic) bond motifs is 2. The minimum Gasteiger partial charge on any atom is -0.407 e. The summed E-state index contributed by atoms with van der Waals surface area (Å²) in [4.78, 5) is 24.4. The fourth-order valence-electron chi connectivity index (χ4n) is 3.19. The maximum atomic E-state index is 12.2. The molecule has 0 aliphatic heterocycles. The molecule has 0 aliphatic rings. The maximum absolute atomic E-state index is 12.2. The SMILES string of the molecule is O=c1oc2c(-c3cccc4c3oc(=O)n4CCBr)cccc2n1CCBr. The molecule has 2 aromatic heterocycles. The van der Waals surface area contributed by atoms with Gasteiger partial charge in [-0.15, -0.1) is 0 Å². The van der Waals surface area contributed by atoms with Crippen LogP contribution < -0.4 is 11.5 Å². The van der Waals surface area contributed by atoms with Crippen LogP contribution in [-0.2, 0) is 13.1 Å². The smallest absolute Gasteiger partial charge is 0.407 e. The minimum absolute atomic E-state index is 0.405. The van der Waals surface area contributed by atoms with Crippen molar-refractivity contribution in [1.29, 1.82) is 0 Å². The summed E-state index contributed by atoms with van der Waals surface area (Å²) in [6.45, 7) is 1.02. The van der Waals surface area contributed by atoms with Crippen molar-refractivity contribution < 1.29 is 8.83 Å². The van der Waals surface area contributed by atoms with Gasteiger partial charge in [-0.25, -0.2) is 9.59 Å². The summed E-state index contributed by atoms with van der Waals surface area (Å²) < 4.78 is 14.2. The Balaban J connectivity index is 2.02. The first-order chi connectivity index (χ1) is 12.7. The Labute approximate surface area is 164 Å². The molecule has 0 N–H and O–H groups in total. The van der Waals surface area contributed by atoms with Gasteiger partial charge in [0.2, 0.25) is 0 Å². The largest absolute Gasteiger partial charge is 0.419 e. The van der Waals surface area contributed by atoms with E-state index in [-0.39, 0.29) is 0 Å². The molecule has 2 aromatic carbocycles. The van der Waals surface area contributed by atoms with Crippen LogP contribution in [0.4, 0.5) is 0 Å². The lowest BCUT2D eigenvalue weighted by atomic mass is 10.0. The van der Waals surface area contributed by atoms with Crippen molar-refractivity contribution >= 4 is 54.1 Å². The van der Waals surface area contributed by atoms with Gasteiger partial charge in [0.1, 0.15) is 0 Å². The standard InChI is InChI=1S/C18H14Br2N2O4/c19-7-9-21-13-5-1-3-11(15(13)25-17(21)23)12-4-2-6-14-16(12)26-18(24)22(14)10-8-20/h1-6H,7-10H2. The molecule has 0 fully saturated rings. The number of nitrogens with zero attached hydrogens (tertiary/aromatic N) is 2. The molecule has 134 valence electrons. The van der Waals surface area contributed by atoms with Gasteiger partial charge in [0.15, 0.2) is 11.2 Å². The second-order valence-corrected chi connectivity index (χ2v) is 7.31. The highest BCUT2D eigenvalue weighted by molar-refractivity contribution is 9.09. The Morgan fingerprint density at radius 1 is 0.731 bits per heavy atom. The molecule has 0 radical (unpaired) electrons. The van der Waals surface area contributed by atoms with E-state index in [2.05, 4.69) is 31.9 Å². The first kappa shape index (κ1) is 17.4. The molecule has 0 atom stereocenters. The number of rotatable bonds is 5. The molecular weight excluding hydrogens is 468 g/mol. The number of hydrogen-bond donors (Lipinski definition) is 0. The quantitative estimate of drug-likeness (QED) is 0.404. The van der Waals surface area contributed by atoms with E-state index in [4.69, 9.17) is 8.83 Å². The van der Waals surface area contributed by atoms with Crippen LogP contribution in [0.3, 0.4) is 0 Å². The molecule has 4 aromatic rings. The normalized spacial score (nSPS) is 11.6. The Hall–Kier alpha value is -2.06. The van der Waals surface area contributed by atoms with Gasteiger partial charge < -0.3 is 8.83 Å². The van der Waals surface area contributed by atoms with Gasteiger partial charge in [-0.2, -0.15) is 0 Å². The van der Waals surface area contributed by atoms with Crippen molar-refractivity contribution in [3.8, 4) is 11.1 Å². The van der Waals surface area contributed by atoms with Crippen molar-refractivity contribution in [3.05, 3.63) is 57.5 Å². The van der Waals surface area contributed by atoms with Crippen LogP contribution in [-0.4, -0.2) is 19.8 Å². The summed E-state index contributed by atoms with van der Waals surface area (Å²) in [6, 6.07) is 11.1. The molecule has 6 nitrogen and oxygen atoms in total. The van der Waals surface area contributed by atoms with E-state index in [0.29, 0.717) is 45.9 Å². The lowest BCUT2D eigenvalue weighted by molar-refractivity contribution is 0.513. The molecule has 0 amide bonds. The highest BCUT2D eigenvalue weighted by atomic mass is 79.9. The predicted octanol–water partition coefficient (Wildman–Crippen LogP) is 3.96. The first-order valence-corrected chi connectivity index (χ1v) is 10.3. The number of benzene rings is 2. The lowest BCUT2D eigenvalue weighted by Gasteiger charge is -2.04. The van der Waals surface area contributed by atoms with Crippen molar-refractivity contribution in [2.45, 2.75) is 13.1 Å². The third-order valence-electron chi connectivity index (χ3n) is 4.30. The molecule has 0 saturated carbocycles. The average Bonchev–Trinajstić information content (AvgIpc) is 3.13. The molecule has 0 unspecified atom stereocenters. The summed E-state index contributed by atoms with van der Waals surface area (Å²) in [6.07, 6.45) is 0. The molecular formula is C18H14Br2N2O4. The van der Waals surface area contributed by atoms with Crippen LogP contribution in [0.2, 0.25) is 0 Å². The van der Waals surface area contributed by atoms with Crippen LogP contribution in [0.25, 0.3) is 33.3 Å². The zero-order valence-electron chi connectivity index (χ0n) is 13.6. The monoisotopic (exact) mass is 480 g/mol. The summed E-state index contributed by atoms with van der Waals surface area (Å²) in [7, 11) is 0. The molecule has 2 heterocycles. The van der Waals surface area contributed by atoms with Crippen molar-refractivity contribution in [2.24, 2.45) is 0 Å². The third-order valence-corrected chi connectivity index (χ3v) is 5.01. The van der Waals surface area contributed by atoms with E-state index < -0.39 is 11.5 Å². The van der Waals surface area contributed by atoms with Crippen LogP contribution in [0.5, 0.6) is 0 Å². The van der Waals surface area contributed by atoms with Gasteiger partial charge in [0.25, 0.3) is 0 Å². The summed E-state index contributed by atoms with van der Waals surface area (Å²) in [5, 5.41) is 1.29. The van der Waals surface area contributed by atoms with Crippen LogP contribution >= 0.6 is 31.9 Å². The zero-order chi connectivity index (χ0) is 18.3. The molecule has 0 saturated heterocycles. The fraction of sp³-hybridized carbons (Fsp3) is 0.222. The number of alkyl halides is 2. The number of halogens is 2. The lowest BCUT2D eigenvalue weighted by Crippen LogP contribution is -2.14. The van der Waals surface area contributed by atoms with Crippen molar-refractivity contribution in [1.82, 2.24) is 9.13 Å². The number of para-hydroxylation sites is 2. The highest BCUT2D eigenvalue weighted by Gasteiger charge is 2.18. The summed E-state index contributed by atoms with van der Waals surface area (Å²) in [5.74, 6) is -0.810. The van der Waals surface area contributed by atoms with Crippen LogP contribution in [0.1, 0.15) is 0 Å². The van der Waals surface area contributed by atoms with E-state index in [9.17, 15) is 9.59 Å². The summed E-state index contributed by atoms with van der Waals surface area (Å²) >= 11 is 6.71. The second-order valence-electron chi connectivity index (χ2n) is 5.72. The first-order valence-electron chi connectivity index (χ1n) is 8.02. The molecule has 8 heteroatoms. The van der Waals surface area contributed by atoms with Gasteiger partial charge in [0.05, 0.1) is 11.0 Å². The van der Waals surface area contributed by atoms with Gasteiger partial charge in [-0.1, -0.05) is 56.1 Å². The third kappa shape index (κ3) is 2.68. The van der Waals surface area contributed by atoms with E-state index in [1.165, 1.54) is 0 Å². The molecule has 0 aliphatic carbocycles. The van der Waals surface area contributed by atoms with Crippen molar-refractivity contribution in [3.63, 3.8) is 0 Å². The average molecular weight is 482 g/mol. The summed E-state index contributed by atoms with van der Waals surface area (Å²) in [5.41, 5.74) is 3.84. The van der Waals surface area contributed by atoms with Crippen LogP contribution in [0.15, 0.2) is 54.8 Å². The zero-order valence-corrected chi connectivity index (χ0v) is 16.7. The highest BCUT2D eigenvalue weighted by Crippen LogP contribution is 2.33. The number of hydrogen-bond acceptors (Lipinski definition) is 4. The number of aromatic nitrogens is 2. The Morgan fingerprint density at radius 2 is 1.15 bits per heavy atom.